The van der Waals surface area contributed by atoms with E-state index in [0.717, 1.165) is 18.4 Å². The second-order valence-electron chi connectivity index (χ2n) is 6.72. The van der Waals surface area contributed by atoms with E-state index >= 15 is 0 Å². The number of aliphatic imine (C=N–C) groups is 1. The van der Waals surface area contributed by atoms with Crippen molar-refractivity contribution in [3.05, 3.63) is 0 Å². The standard InChI is InChI=1S/C17H34N4/c1-3-11-21-12-9-15(10-13-21)14-19-17(18-2)20-16-7-5-4-6-8-16/h15-16H,3-14H2,1-2H3,(H2,18,19,20). The van der Waals surface area contributed by atoms with Gasteiger partial charge in [-0.1, -0.05) is 26.2 Å². The molecule has 1 saturated carbocycles. The third-order valence-electron chi connectivity index (χ3n) is 4.97. The lowest BCUT2D eigenvalue weighted by Gasteiger charge is -2.32. The molecule has 1 aliphatic carbocycles. The van der Waals surface area contributed by atoms with E-state index in [-0.39, 0.29) is 0 Å². The van der Waals surface area contributed by atoms with Crippen molar-refractivity contribution in [2.75, 3.05) is 33.2 Å². The molecule has 4 nitrogen and oxygen atoms in total. The molecule has 0 amide bonds. The van der Waals surface area contributed by atoms with Gasteiger partial charge in [-0.15, -0.1) is 0 Å². The lowest BCUT2D eigenvalue weighted by Crippen LogP contribution is -2.46. The Labute approximate surface area is 130 Å². The molecule has 0 aromatic heterocycles. The zero-order chi connectivity index (χ0) is 14.9. The molecule has 0 bridgehead atoms. The van der Waals surface area contributed by atoms with Crippen LogP contribution in [0.3, 0.4) is 0 Å². The van der Waals surface area contributed by atoms with Gasteiger partial charge in [0, 0.05) is 19.6 Å². The van der Waals surface area contributed by atoms with Crippen LogP contribution in [0.2, 0.25) is 0 Å². The zero-order valence-electron chi connectivity index (χ0n) is 14.0. The first kappa shape index (κ1) is 16.6. The van der Waals surface area contributed by atoms with Crippen molar-refractivity contribution >= 4 is 5.96 Å². The van der Waals surface area contributed by atoms with Crippen LogP contribution in [-0.4, -0.2) is 50.1 Å². The molecule has 2 rings (SSSR count). The van der Waals surface area contributed by atoms with Gasteiger partial charge in [0.15, 0.2) is 5.96 Å². The molecule has 0 atom stereocenters. The van der Waals surface area contributed by atoms with Crippen molar-refractivity contribution in [3.63, 3.8) is 0 Å². The third-order valence-corrected chi connectivity index (χ3v) is 4.97. The zero-order valence-corrected chi connectivity index (χ0v) is 14.0. The summed E-state index contributed by atoms with van der Waals surface area (Å²) in [6, 6.07) is 0.636. The summed E-state index contributed by atoms with van der Waals surface area (Å²) in [5.41, 5.74) is 0. The Morgan fingerprint density at radius 2 is 1.81 bits per heavy atom. The molecule has 2 aliphatic rings. The fraction of sp³-hybridized carbons (Fsp3) is 0.941. The van der Waals surface area contributed by atoms with Gasteiger partial charge in [-0.3, -0.25) is 4.99 Å². The number of rotatable bonds is 5. The van der Waals surface area contributed by atoms with E-state index in [4.69, 9.17) is 0 Å². The average Bonchev–Trinajstić information content (AvgIpc) is 2.54. The van der Waals surface area contributed by atoms with Crippen LogP contribution in [0.15, 0.2) is 4.99 Å². The summed E-state index contributed by atoms with van der Waals surface area (Å²) < 4.78 is 0. The Hall–Kier alpha value is -0.770. The molecule has 1 heterocycles. The second kappa shape index (κ2) is 9.29. The molecule has 122 valence electrons. The normalized spacial score (nSPS) is 23.2. The summed E-state index contributed by atoms with van der Waals surface area (Å²) in [6.07, 6.45) is 10.7. The van der Waals surface area contributed by atoms with E-state index in [9.17, 15) is 0 Å². The van der Waals surface area contributed by atoms with Gasteiger partial charge < -0.3 is 15.5 Å². The molecular weight excluding hydrogens is 260 g/mol. The minimum Gasteiger partial charge on any atom is -0.356 e. The first-order chi connectivity index (χ1) is 10.3. The molecule has 0 spiro atoms. The summed E-state index contributed by atoms with van der Waals surface area (Å²) in [4.78, 5) is 7.00. The van der Waals surface area contributed by atoms with E-state index in [0.29, 0.717) is 6.04 Å². The summed E-state index contributed by atoms with van der Waals surface area (Å²) in [5, 5.41) is 7.16. The second-order valence-corrected chi connectivity index (χ2v) is 6.72. The Kier molecular flexibility index (Phi) is 7.34. The maximum atomic E-state index is 4.39. The van der Waals surface area contributed by atoms with Crippen LogP contribution in [0.4, 0.5) is 0 Å². The number of nitrogens with one attached hydrogen (secondary N) is 2. The molecule has 21 heavy (non-hydrogen) atoms. The molecule has 0 aromatic carbocycles. The van der Waals surface area contributed by atoms with Gasteiger partial charge >= 0.3 is 0 Å². The Morgan fingerprint density at radius 3 is 2.43 bits per heavy atom. The van der Waals surface area contributed by atoms with Gasteiger partial charge in [-0.25, -0.2) is 0 Å². The minimum atomic E-state index is 0.636. The van der Waals surface area contributed by atoms with Gasteiger partial charge in [0.25, 0.3) is 0 Å². The van der Waals surface area contributed by atoms with Gasteiger partial charge in [-0.2, -0.15) is 0 Å². The summed E-state index contributed by atoms with van der Waals surface area (Å²) >= 11 is 0. The van der Waals surface area contributed by atoms with Crippen molar-refractivity contribution in [3.8, 4) is 0 Å². The average molecular weight is 294 g/mol. The maximum Gasteiger partial charge on any atom is 0.191 e. The lowest BCUT2D eigenvalue weighted by atomic mass is 9.95. The predicted molar refractivity (Wildman–Crippen MR) is 90.8 cm³/mol. The van der Waals surface area contributed by atoms with Gasteiger partial charge in [0.05, 0.1) is 0 Å². The topological polar surface area (TPSA) is 39.7 Å². The Morgan fingerprint density at radius 1 is 1.10 bits per heavy atom. The van der Waals surface area contributed by atoms with Crippen molar-refractivity contribution in [1.29, 1.82) is 0 Å². The SMILES string of the molecule is CCCN1CCC(CNC(=NC)NC2CCCCC2)CC1. The number of hydrogen-bond donors (Lipinski definition) is 2. The molecule has 1 saturated heterocycles. The number of nitrogens with zero attached hydrogens (tertiary/aromatic N) is 2. The lowest BCUT2D eigenvalue weighted by molar-refractivity contribution is 0.185. The molecule has 1 aliphatic heterocycles. The molecule has 2 fully saturated rings. The van der Waals surface area contributed by atoms with Crippen molar-refractivity contribution in [1.82, 2.24) is 15.5 Å². The van der Waals surface area contributed by atoms with Crippen LogP contribution in [0, 0.1) is 5.92 Å². The van der Waals surface area contributed by atoms with E-state index in [1.807, 2.05) is 7.05 Å². The molecule has 0 unspecified atom stereocenters. The van der Waals surface area contributed by atoms with Crippen LogP contribution >= 0.6 is 0 Å². The quantitative estimate of drug-likeness (QED) is 0.605. The van der Waals surface area contributed by atoms with Gasteiger partial charge in [0.1, 0.15) is 0 Å². The molecule has 0 aromatic rings. The maximum absolute atomic E-state index is 4.39. The van der Waals surface area contributed by atoms with Crippen LogP contribution in [0.25, 0.3) is 0 Å². The van der Waals surface area contributed by atoms with E-state index in [1.54, 1.807) is 0 Å². The summed E-state index contributed by atoms with van der Waals surface area (Å²) in [7, 11) is 1.89. The minimum absolute atomic E-state index is 0.636. The van der Waals surface area contributed by atoms with Crippen molar-refractivity contribution in [2.24, 2.45) is 10.9 Å². The fourth-order valence-electron chi connectivity index (χ4n) is 3.61. The summed E-state index contributed by atoms with van der Waals surface area (Å²) in [5.74, 6) is 1.82. The molecular formula is C17H34N4. The third kappa shape index (κ3) is 5.85. The first-order valence-corrected chi connectivity index (χ1v) is 9.01. The van der Waals surface area contributed by atoms with Gasteiger partial charge in [-0.05, 0) is 57.7 Å². The first-order valence-electron chi connectivity index (χ1n) is 9.01. The predicted octanol–water partition coefficient (Wildman–Crippen LogP) is 2.61. The Bertz CT molecular complexity index is 302. The smallest absolute Gasteiger partial charge is 0.191 e. The highest BCUT2D eigenvalue weighted by atomic mass is 15.2. The molecule has 4 heteroatoms. The van der Waals surface area contributed by atoms with Crippen LogP contribution < -0.4 is 10.6 Å². The van der Waals surface area contributed by atoms with E-state index in [1.165, 1.54) is 71.0 Å². The monoisotopic (exact) mass is 294 g/mol. The van der Waals surface area contributed by atoms with Crippen molar-refractivity contribution in [2.45, 2.75) is 64.3 Å². The largest absolute Gasteiger partial charge is 0.356 e. The Balaban J connectivity index is 1.64. The van der Waals surface area contributed by atoms with Crippen molar-refractivity contribution < 1.29 is 0 Å². The highest BCUT2D eigenvalue weighted by Gasteiger charge is 2.19. The molecule has 0 radical (unpaired) electrons. The highest BCUT2D eigenvalue weighted by molar-refractivity contribution is 5.79. The number of likely N-dealkylation sites (tertiary alicyclic amines) is 1. The molecule has 2 N–H and O–H groups in total. The highest BCUT2D eigenvalue weighted by Crippen LogP contribution is 2.18. The number of hydrogen-bond acceptors (Lipinski definition) is 2. The van der Waals surface area contributed by atoms with E-state index < -0.39 is 0 Å². The van der Waals surface area contributed by atoms with Crippen LogP contribution in [-0.2, 0) is 0 Å². The number of guanidine groups is 1. The van der Waals surface area contributed by atoms with Crippen LogP contribution in [0.5, 0.6) is 0 Å². The van der Waals surface area contributed by atoms with E-state index in [2.05, 4.69) is 27.4 Å². The van der Waals surface area contributed by atoms with Crippen LogP contribution in [0.1, 0.15) is 58.3 Å². The van der Waals surface area contributed by atoms with Gasteiger partial charge in [0.2, 0.25) is 0 Å². The fourth-order valence-corrected chi connectivity index (χ4v) is 3.61. The number of piperidine rings is 1. The summed E-state index contributed by atoms with van der Waals surface area (Å²) in [6.45, 7) is 7.16.